The summed E-state index contributed by atoms with van der Waals surface area (Å²) in [7, 11) is 3.23. The Morgan fingerprint density at radius 1 is 1.03 bits per heavy atom. The van der Waals surface area contributed by atoms with E-state index in [0.717, 1.165) is 17.7 Å². The molecule has 3 aromatic rings. The van der Waals surface area contributed by atoms with E-state index < -0.39 is 0 Å². The van der Waals surface area contributed by atoms with E-state index in [0.29, 0.717) is 48.8 Å². The third-order valence-electron chi connectivity index (χ3n) is 5.48. The zero-order valence-corrected chi connectivity index (χ0v) is 18.2. The van der Waals surface area contributed by atoms with Crippen LogP contribution in [0.5, 0.6) is 5.75 Å². The first-order valence-electron chi connectivity index (χ1n) is 10.5. The average Bonchev–Trinajstić information content (AvgIpc) is 3.10. The first-order chi connectivity index (χ1) is 15.6. The van der Waals surface area contributed by atoms with E-state index >= 15 is 0 Å². The molecule has 1 N–H and O–H groups in total. The van der Waals surface area contributed by atoms with Gasteiger partial charge in [-0.1, -0.05) is 12.1 Å². The fourth-order valence-corrected chi connectivity index (χ4v) is 3.77. The van der Waals surface area contributed by atoms with E-state index in [4.69, 9.17) is 9.47 Å². The van der Waals surface area contributed by atoms with Crippen molar-refractivity contribution in [1.82, 2.24) is 14.7 Å². The smallest absolute Gasteiger partial charge is 0.259 e. The highest BCUT2D eigenvalue weighted by Gasteiger charge is 2.25. The molecule has 0 fully saturated rings. The minimum atomic E-state index is -0.255. The standard InChI is InChI=1S/C24H26N4O4/c1-31-16-17-4-6-18(7-5-17)24(30)27-12-3-13-28-22(15-27)21(14-25-28)23(29)26-19-8-10-20(32-2)11-9-19/h4-11,14H,3,12-13,15-16H2,1-2H3,(H,26,29). The predicted octanol–water partition coefficient (Wildman–Crippen LogP) is 3.34. The van der Waals surface area contributed by atoms with Crippen LogP contribution in [0.1, 0.15) is 38.4 Å². The topological polar surface area (TPSA) is 85.7 Å². The fourth-order valence-electron chi connectivity index (χ4n) is 3.77. The maximum absolute atomic E-state index is 13.1. The van der Waals surface area contributed by atoms with Gasteiger partial charge in [-0.15, -0.1) is 0 Å². The Bertz CT molecular complexity index is 1090. The molecule has 4 rings (SSSR count). The Labute approximate surface area is 186 Å². The van der Waals surface area contributed by atoms with Crippen molar-refractivity contribution in [3.63, 3.8) is 0 Å². The van der Waals surface area contributed by atoms with Crippen molar-refractivity contribution >= 4 is 17.5 Å². The molecule has 0 radical (unpaired) electrons. The van der Waals surface area contributed by atoms with Crippen LogP contribution in [0.15, 0.2) is 54.7 Å². The number of hydrogen-bond donors (Lipinski definition) is 1. The lowest BCUT2D eigenvalue weighted by Gasteiger charge is -2.21. The van der Waals surface area contributed by atoms with Crippen LogP contribution in [0, 0.1) is 0 Å². The highest BCUT2D eigenvalue weighted by molar-refractivity contribution is 6.05. The number of carbonyl (C=O) groups is 2. The molecule has 0 saturated carbocycles. The molecule has 1 aliphatic heterocycles. The number of nitrogens with zero attached hydrogens (tertiary/aromatic N) is 3. The van der Waals surface area contributed by atoms with Crippen LogP contribution in [0.3, 0.4) is 0 Å². The molecular weight excluding hydrogens is 408 g/mol. The quantitative estimate of drug-likeness (QED) is 0.643. The van der Waals surface area contributed by atoms with Gasteiger partial charge in [0, 0.05) is 31.5 Å². The fraction of sp³-hybridized carbons (Fsp3) is 0.292. The van der Waals surface area contributed by atoms with Gasteiger partial charge in [-0.2, -0.15) is 5.10 Å². The Hall–Kier alpha value is -3.65. The zero-order valence-electron chi connectivity index (χ0n) is 18.2. The van der Waals surface area contributed by atoms with Gasteiger partial charge < -0.3 is 19.7 Å². The molecule has 0 atom stereocenters. The number of anilines is 1. The highest BCUT2D eigenvalue weighted by Crippen LogP contribution is 2.21. The van der Waals surface area contributed by atoms with Crippen molar-refractivity contribution in [1.29, 1.82) is 0 Å². The second kappa shape index (κ2) is 9.65. The van der Waals surface area contributed by atoms with E-state index in [-0.39, 0.29) is 11.8 Å². The summed E-state index contributed by atoms with van der Waals surface area (Å²) in [6, 6.07) is 14.5. The Balaban J connectivity index is 1.51. The maximum atomic E-state index is 13.1. The number of ether oxygens (including phenoxy) is 2. The molecule has 8 heteroatoms. The van der Waals surface area contributed by atoms with Gasteiger partial charge in [0.05, 0.1) is 37.7 Å². The number of aryl methyl sites for hydroxylation is 1. The lowest BCUT2D eigenvalue weighted by atomic mass is 10.1. The van der Waals surface area contributed by atoms with Crippen LogP contribution in [-0.4, -0.2) is 47.3 Å². The molecule has 1 aromatic heterocycles. The molecule has 2 heterocycles. The third kappa shape index (κ3) is 4.65. The lowest BCUT2D eigenvalue weighted by molar-refractivity contribution is 0.0744. The van der Waals surface area contributed by atoms with Gasteiger partial charge in [0.15, 0.2) is 0 Å². The van der Waals surface area contributed by atoms with Gasteiger partial charge in [-0.25, -0.2) is 0 Å². The number of benzene rings is 2. The first kappa shape index (κ1) is 21.6. The average molecular weight is 434 g/mol. The Morgan fingerprint density at radius 2 is 1.78 bits per heavy atom. The minimum Gasteiger partial charge on any atom is -0.497 e. The summed E-state index contributed by atoms with van der Waals surface area (Å²) < 4.78 is 12.1. The van der Waals surface area contributed by atoms with Crippen LogP contribution < -0.4 is 10.1 Å². The molecule has 0 saturated heterocycles. The van der Waals surface area contributed by atoms with Crippen LogP contribution >= 0.6 is 0 Å². The first-order valence-corrected chi connectivity index (χ1v) is 10.5. The van der Waals surface area contributed by atoms with E-state index in [1.54, 1.807) is 49.6 Å². The highest BCUT2D eigenvalue weighted by atomic mass is 16.5. The van der Waals surface area contributed by atoms with Crippen molar-refractivity contribution in [3.8, 4) is 5.75 Å². The second-order valence-corrected chi connectivity index (χ2v) is 7.62. The summed E-state index contributed by atoms with van der Waals surface area (Å²) in [5.74, 6) is 0.395. The van der Waals surface area contributed by atoms with Gasteiger partial charge in [-0.3, -0.25) is 14.3 Å². The number of amides is 2. The van der Waals surface area contributed by atoms with Gasteiger partial charge in [0.2, 0.25) is 0 Å². The molecule has 166 valence electrons. The van der Waals surface area contributed by atoms with Crippen LogP contribution in [-0.2, 0) is 24.4 Å². The normalized spacial score (nSPS) is 13.2. The monoisotopic (exact) mass is 434 g/mol. The van der Waals surface area contributed by atoms with Crippen molar-refractivity contribution < 1.29 is 19.1 Å². The van der Waals surface area contributed by atoms with Crippen molar-refractivity contribution in [2.24, 2.45) is 0 Å². The van der Waals surface area contributed by atoms with E-state index in [1.807, 2.05) is 28.9 Å². The minimum absolute atomic E-state index is 0.0647. The van der Waals surface area contributed by atoms with Gasteiger partial charge >= 0.3 is 0 Å². The molecule has 2 aromatic carbocycles. The van der Waals surface area contributed by atoms with Crippen molar-refractivity contribution in [2.45, 2.75) is 26.1 Å². The van der Waals surface area contributed by atoms with Crippen LogP contribution in [0.2, 0.25) is 0 Å². The summed E-state index contributed by atoms with van der Waals surface area (Å²) in [6.07, 6.45) is 2.34. The number of hydrogen-bond acceptors (Lipinski definition) is 5. The molecule has 0 aliphatic carbocycles. The summed E-state index contributed by atoms with van der Waals surface area (Å²) >= 11 is 0. The predicted molar refractivity (Wildman–Crippen MR) is 120 cm³/mol. The van der Waals surface area contributed by atoms with E-state index in [9.17, 15) is 9.59 Å². The molecule has 1 aliphatic rings. The number of fused-ring (bicyclic) bond motifs is 1. The van der Waals surface area contributed by atoms with Crippen molar-refractivity contribution in [3.05, 3.63) is 77.1 Å². The largest absolute Gasteiger partial charge is 0.497 e. The second-order valence-electron chi connectivity index (χ2n) is 7.62. The van der Waals surface area contributed by atoms with E-state index in [2.05, 4.69) is 10.4 Å². The van der Waals surface area contributed by atoms with Gasteiger partial charge in [0.25, 0.3) is 11.8 Å². The van der Waals surface area contributed by atoms with Crippen molar-refractivity contribution in [2.75, 3.05) is 26.1 Å². The molecule has 0 bridgehead atoms. The number of aromatic nitrogens is 2. The maximum Gasteiger partial charge on any atom is 0.259 e. The lowest BCUT2D eigenvalue weighted by Crippen LogP contribution is -2.31. The van der Waals surface area contributed by atoms with Gasteiger partial charge in [0.1, 0.15) is 5.75 Å². The summed E-state index contributed by atoms with van der Waals surface area (Å²) in [6.45, 7) is 2.08. The summed E-state index contributed by atoms with van der Waals surface area (Å²) in [4.78, 5) is 27.9. The molecule has 32 heavy (non-hydrogen) atoms. The zero-order chi connectivity index (χ0) is 22.5. The number of nitrogens with one attached hydrogen (secondary N) is 1. The van der Waals surface area contributed by atoms with Crippen LogP contribution in [0.4, 0.5) is 5.69 Å². The van der Waals surface area contributed by atoms with E-state index in [1.165, 1.54) is 0 Å². The Morgan fingerprint density at radius 3 is 2.47 bits per heavy atom. The number of methoxy groups -OCH3 is 2. The van der Waals surface area contributed by atoms with Gasteiger partial charge in [-0.05, 0) is 48.4 Å². The SMILES string of the molecule is COCc1ccc(C(=O)N2CCCn3ncc(C(=O)Nc4ccc(OC)cc4)c3C2)cc1. The Kier molecular flexibility index (Phi) is 6.51. The molecule has 0 unspecified atom stereocenters. The number of rotatable bonds is 6. The molecule has 8 nitrogen and oxygen atoms in total. The summed E-state index contributed by atoms with van der Waals surface area (Å²) in [5, 5.41) is 7.29. The number of carbonyl (C=O) groups excluding carboxylic acids is 2. The third-order valence-corrected chi connectivity index (χ3v) is 5.48. The summed E-state index contributed by atoms with van der Waals surface area (Å²) in [5.41, 5.74) is 3.49. The molecule has 0 spiro atoms. The van der Waals surface area contributed by atoms with Crippen LogP contribution in [0.25, 0.3) is 0 Å². The molecular formula is C24H26N4O4. The molecule has 2 amide bonds.